The summed E-state index contributed by atoms with van der Waals surface area (Å²) in [7, 11) is 0. The largest absolute Gasteiger partial charge is 0.490 e. The van der Waals surface area contributed by atoms with Crippen LogP contribution >= 0.6 is 0 Å². The average Bonchev–Trinajstić information content (AvgIpc) is 2.85. The van der Waals surface area contributed by atoms with Crippen LogP contribution in [-0.4, -0.2) is 38.1 Å². The molecule has 0 aliphatic heterocycles. The van der Waals surface area contributed by atoms with Crippen LogP contribution in [0.15, 0.2) is 78.9 Å². The molecule has 172 valence electrons. The Balaban J connectivity index is 1.48. The third kappa shape index (κ3) is 7.88. The van der Waals surface area contributed by atoms with Crippen molar-refractivity contribution in [3.8, 4) is 11.5 Å². The van der Waals surface area contributed by atoms with E-state index in [9.17, 15) is 9.59 Å². The predicted molar refractivity (Wildman–Crippen MR) is 130 cm³/mol. The molecular weight excluding hydrogens is 418 g/mol. The summed E-state index contributed by atoms with van der Waals surface area (Å²) >= 11 is 0. The van der Waals surface area contributed by atoms with Crippen LogP contribution < -0.4 is 25.4 Å². The van der Waals surface area contributed by atoms with Gasteiger partial charge in [-0.15, -0.1) is 0 Å². The molecule has 0 saturated carbocycles. The summed E-state index contributed by atoms with van der Waals surface area (Å²) in [5.74, 6) is 1.03. The number of benzene rings is 3. The molecule has 0 saturated heterocycles. The number of amides is 2. The third-order valence-electron chi connectivity index (χ3n) is 4.62. The maximum atomic E-state index is 12.4. The number of hydrogen-bond acceptors (Lipinski definition) is 5. The Hall–Kier alpha value is -4.00. The van der Waals surface area contributed by atoms with Crippen LogP contribution in [0.25, 0.3) is 0 Å². The molecule has 7 nitrogen and oxygen atoms in total. The number of para-hydroxylation sites is 3. The molecule has 2 amide bonds. The number of carbonyl (C=O) groups is 2. The number of anilines is 2. The van der Waals surface area contributed by atoms with Crippen LogP contribution in [0.3, 0.4) is 0 Å². The van der Waals surface area contributed by atoms with E-state index in [4.69, 9.17) is 9.47 Å². The number of ether oxygens (including phenoxy) is 2. The van der Waals surface area contributed by atoms with E-state index in [2.05, 4.69) is 16.0 Å². The SMILES string of the molecule is CCCNC(=O)c1cccc(NC(=O)CNc2ccccc2OCCOc2ccccc2)c1. The molecule has 0 aliphatic carbocycles. The average molecular weight is 448 g/mol. The lowest BCUT2D eigenvalue weighted by Gasteiger charge is -2.14. The molecule has 0 bridgehead atoms. The minimum atomic E-state index is -0.233. The lowest BCUT2D eigenvalue weighted by molar-refractivity contribution is -0.114. The van der Waals surface area contributed by atoms with E-state index < -0.39 is 0 Å². The predicted octanol–water partition coefficient (Wildman–Crippen LogP) is 4.33. The molecule has 3 aromatic rings. The van der Waals surface area contributed by atoms with Gasteiger partial charge in [-0.1, -0.05) is 43.3 Å². The molecule has 0 radical (unpaired) electrons. The van der Waals surface area contributed by atoms with Crippen molar-refractivity contribution in [1.82, 2.24) is 5.32 Å². The minimum absolute atomic E-state index is 0.0488. The first-order valence-corrected chi connectivity index (χ1v) is 11.0. The van der Waals surface area contributed by atoms with Crippen LogP contribution in [0, 0.1) is 0 Å². The molecule has 3 aromatic carbocycles. The van der Waals surface area contributed by atoms with E-state index in [1.165, 1.54) is 0 Å². The molecular formula is C26H29N3O4. The summed E-state index contributed by atoms with van der Waals surface area (Å²) in [4.78, 5) is 24.6. The lowest BCUT2D eigenvalue weighted by Crippen LogP contribution is -2.25. The van der Waals surface area contributed by atoms with Gasteiger partial charge in [0.15, 0.2) is 0 Å². The van der Waals surface area contributed by atoms with Crippen molar-refractivity contribution in [2.45, 2.75) is 13.3 Å². The fraction of sp³-hybridized carbons (Fsp3) is 0.231. The quantitative estimate of drug-likeness (QED) is 0.360. The molecule has 0 heterocycles. The van der Waals surface area contributed by atoms with E-state index in [0.29, 0.717) is 42.4 Å². The number of hydrogen-bond donors (Lipinski definition) is 3. The van der Waals surface area contributed by atoms with Gasteiger partial charge in [0.05, 0.1) is 12.2 Å². The van der Waals surface area contributed by atoms with Gasteiger partial charge in [0.25, 0.3) is 5.91 Å². The van der Waals surface area contributed by atoms with Gasteiger partial charge in [-0.25, -0.2) is 0 Å². The number of rotatable bonds is 12. The molecule has 0 fully saturated rings. The van der Waals surface area contributed by atoms with Crippen molar-refractivity contribution in [3.05, 3.63) is 84.4 Å². The minimum Gasteiger partial charge on any atom is -0.490 e. The monoisotopic (exact) mass is 447 g/mol. The van der Waals surface area contributed by atoms with Gasteiger partial charge in [0.2, 0.25) is 5.91 Å². The van der Waals surface area contributed by atoms with Crippen LogP contribution in [0.4, 0.5) is 11.4 Å². The summed E-state index contributed by atoms with van der Waals surface area (Å²) in [5.41, 5.74) is 1.78. The number of nitrogens with one attached hydrogen (secondary N) is 3. The molecule has 0 atom stereocenters. The highest BCUT2D eigenvalue weighted by molar-refractivity contribution is 5.98. The van der Waals surface area contributed by atoms with Crippen molar-refractivity contribution >= 4 is 23.2 Å². The molecule has 3 N–H and O–H groups in total. The van der Waals surface area contributed by atoms with Gasteiger partial charge in [0, 0.05) is 17.8 Å². The van der Waals surface area contributed by atoms with Crippen molar-refractivity contribution in [2.75, 3.05) is 36.9 Å². The summed E-state index contributed by atoms with van der Waals surface area (Å²) in [6.07, 6.45) is 0.860. The summed E-state index contributed by atoms with van der Waals surface area (Å²) in [6.45, 7) is 3.42. The van der Waals surface area contributed by atoms with Crippen LogP contribution in [0.1, 0.15) is 23.7 Å². The Morgan fingerprint density at radius 2 is 1.61 bits per heavy atom. The lowest BCUT2D eigenvalue weighted by atomic mass is 10.2. The summed E-state index contributed by atoms with van der Waals surface area (Å²) in [5, 5.41) is 8.74. The van der Waals surface area contributed by atoms with E-state index in [1.807, 2.05) is 61.5 Å². The molecule has 7 heteroatoms. The Labute approximate surface area is 194 Å². The van der Waals surface area contributed by atoms with E-state index in [-0.39, 0.29) is 18.4 Å². The first kappa shape index (κ1) is 23.7. The van der Waals surface area contributed by atoms with Crippen molar-refractivity contribution < 1.29 is 19.1 Å². The zero-order chi connectivity index (χ0) is 23.3. The first-order valence-electron chi connectivity index (χ1n) is 11.0. The van der Waals surface area contributed by atoms with Gasteiger partial charge < -0.3 is 25.4 Å². The fourth-order valence-corrected chi connectivity index (χ4v) is 3.03. The molecule has 0 aromatic heterocycles. The van der Waals surface area contributed by atoms with Gasteiger partial charge in [-0.3, -0.25) is 9.59 Å². The molecule has 0 spiro atoms. The summed E-state index contributed by atoms with van der Waals surface area (Å²) in [6, 6.07) is 23.8. The highest BCUT2D eigenvalue weighted by Gasteiger charge is 2.09. The Bertz CT molecular complexity index is 1040. The van der Waals surface area contributed by atoms with Crippen molar-refractivity contribution in [2.24, 2.45) is 0 Å². The summed E-state index contributed by atoms with van der Waals surface area (Å²) < 4.78 is 11.5. The third-order valence-corrected chi connectivity index (χ3v) is 4.62. The second-order valence-electron chi connectivity index (χ2n) is 7.24. The Kier molecular flexibility index (Phi) is 9.15. The standard InChI is InChI=1S/C26H29N3O4/c1-2-15-27-26(31)20-9-8-10-21(18-20)29-25(30)19-28-23-13-6-7-14-24(23)33-17-16-32-22-11-4-3-5-12-22/h3-14,18,28H,2,15-17,19H2,1H3,(H,27,31)(H,29,30). The topological polar surface area (TPSA) is 88.7 Å². The van der Waals surface area contributed by atoms with Crippen molar-refractivity contribution in [3.63, 3.8) is 0 Å². The molecule has 3 rings (SSSR count). The number of carbonyl (C=O) groups excluding carboxylic acids is 2. The zero-order valence-corrected chi connectivity index (χ0v) is 18.7. The second-order valence-corrected chi connectivity index (χ2v) is 7.24. The van der Waals surface area contributed by atoms with Crippen LogP contribution in [-0.2, 0) is 4.79 Å². The van der Waals surface area contributed by atoms with Crippen LogP contribution in [0.5, 0.6) is 11.5 Å². The van der Waals surface area contributed by atoms with Gasteiger partial charge in [-0.05, 0) is 48.9 Å². The maximum Gasteiger partial charge on any atom is 0.251 e. The maximum absolute atomic E-state index is 12.4. The smallest absolute Gasteiger partial charge is 0.251 e. The highest BCUT2D eigenvalue weighted by atomic mass is 16.5. The van der Waals surface area contributed by atoms with E-state index >= 15 is 0 Å². The second kappa shape index (κ2) is 12.8. The van der Waals surface area contributed by atoms with Gasteiger partial charge in [-0.2, -0.15) is 0 Å². The molecule has 33 heavy (non-hydrogen) atoms. The molecule has 0 unspecified atom stereocenters. The van der Waals surface area contributed by atoms with Gasteiger partial charge in [0.1, 0.15) is 24.7 Å². The molecule has 0 aliphatic rings. The first-order chi connectivity index (χ1) is 16.2. The highest BCUT2D eigenvalue weighted by Crippen LogP contribution is 2.23. The normalized spacial score (nSPS) is 10.2. The van der Waals surface area contributed by atoms with E-state index in [0.717, 1.165) is 12.2 Å². The van der Waals surface area contributed by atoms with Crippen molar-refractivity contribution in [1.29, 1.82) is 0 Å². The fourth-order valence-electron chi connectivity index (χ4n) is 3.03. The Morgan fingerprint density at radius 1 is 0.848 bits per heavy atom. The zero-order valence-electron chi connectivity index (χ0n) is 18.7. The van der Waals surface area contributed by atoms with Crippen LogP contribution in [0.2, 0.25) is 0 Å². The van der Waals surface area contributed by atoms with Gasteiger partial charge >= 0.3 is 0 Å². The Morgan fingerprint density at radius 3 is 2.42 bits per heavy atom. The van der Waals surface area contributed by atoms with E-state index in [1.54, 1.807) is 24.3 Å².